The SMILES string of the molecule is COc1ccc(-c2noc(Cn3nnc(-c4cccc(F)c4)n3)n2)c(OC)c1. The Morgan fingerprint density at radius 3 is 2.75 bits per heavy atom. The van der Waals surface area contributed by atoms with E-state index in [1.54, 1.807) is 44.6 Å². The molecule has 0 bridgehead atoms. The van der Waals surface area contributed by atoms with Crippen LogP contribution < -0.4 is 9.47 Å². The molecule has 0 aliphatic carbocycles. The Morgan fingerprint density at radius 2 is 1.96 bits per heavy atom. The van der Waals surface area contributed by atoms with Crippen LogP contribution in [0, 0.1) is 5.82 Å². The molecule has 0 radical (unpaired) electrons. The van der Waals surface area contributed by atoms with Crippen LogP contribution in [0.2, 0.25) is 0 Å². The summed E-state index contributed by atoms with van der Waals surface area (Å²) in [7, 11) is 3.12. The van der Waals surface area contributed by atoms with Gasteiger partial charge < -0.3 is 14.0 Å². The standard InChI is InChI=1S/C18H15FN6O3/c1-26-13-6-7-14(15(9-13)27-2)18-20-16(28-23-18)10-25-22-17(21-24-25)11-4-3-5-12(19)8-11/h3-9H,10H2,1-2H3. The van der Waals surface area contributed by atoms with E-state index >= 15 is 0 Å². The summed E-state index contributed by atoms with van der Waals surface area (Å²) in [6.45, 7) is 0.119. The molecule has 2 heterocycles. The van der Waals surface area contributed by atoms with Crippen LogP contribution in [0.5, 0.6) is 11.5 Å². The molecule has 0 aliphatic heterocycles. The number of hydrogen-bond donors (Lipinski definition) is 0. The first-order valence-corrected chi connectivity index (χ1v) is 8.25. The number of tetrazole rings is 1. The Balaban J connectivity index is 1.55. The molecule has 0 saturated heterocycles. The first-order valence-electron chi connectivity index (χ1n) is 8.25. The average Bonchev–Trinajstić information content (AvgIpc) is 3.37. The monoisotopic (exact) mass is 382 g/mol. The highest BCUT2D eigenvalue weighted by Gasteiger charge is 2.16. The number of nitrogens with zero attached hydrogens (tertiary/aromatic N) is 6. The van der Waals surface area contributed by atoms with Crippen molar-refractivity contribution in [1.82, 2.24) is 30.3 Å². The molecule has 142 valence electrons. The molecule has 4 aromatic rings. The predicted molar refractivity (Wildman–Crippen MR) is 95.2 cm³/mol. The quantitative estimate of drug-likeness (QED) is 0.502. The highest BCUT2D eigenvalue weighted by atomic mass is 19.1. The smallest absolute Gasteiger partial charge is 0.250 e. The molecule has 2 aromatic heterocycles. The van der Waals surface area contributed by atoms with Crippen molar-refractivity contribution in [1.29, 1.82) is 0 Å². The zero-order chi connectivity index (χ0) is 19.5. The van der Waals surface area contributed by atoms with Crippen molar-refractivity contribution in [3.8, 4) is 34.3 Å². The second kappa shape index (κ2) is 7.43. The number of aromatic nitrogens is 6. The summed E-state index contributed by atoms with van der Waals surface area (Å²) in [6.07, 6.45) is 0. The van der Waals surface area contributed by atoms with Gasteiger partial charge in [0.1, 0.15) is 23.9 Å². The van der Waals surface area contributed by atoms with Crippen molar-refractivity contribution >= 4 is 0 Å². The number of methoxy groups -OCH3 is 2. The van der Waals surface area contributed by atoms with Gasteiger partial charge >= 0.3 is 0 Å². The summed E-state index contributed by atoms with van der Waals surface area (Å²) in [5, 5.41) is 16.1. The molecule has 0 unspecified atom stereocenters. The highest BCUT2D eigenvalue weighted by molar-refractivity contribution is 5.65. The lowest BCUT2D eigenvalue weighted by Crippen LogP contribution is -2.04. The fourth-order valence-corrected chi connectivity index (χ4v) is 2.59. The molecular weight excluding hydrogens is 367 g/mol. The van der Waals surface area contributed by atoms with E-state index in [9.17, 15) is 4.39 Å². The number of halogens is 1. The third-order valence-electron chi connectivity index (χ3n) is 3.93. The first-order chi connectivity index (χ1) is 13.7. The fourth-order valence-electron chi connectivity index (χ4n) is 2.59. The van der Waals surface area contributed by atoms with Crippen LogP contribution in [0.1, 0.15) is 5.89 Å². The van der Waals surface area contributed by atoms with Crippen LogP contribution >= 0.6 is 0 Å². The molecular formula is C18H15FN6O3. The van der Waals surface area contributed by atoms with E-state index in [4.69, 9.17) is 14.0 Å². The summed E-state index contributed by atoms with van der Waals surface area (Å²) < 4.78 is 29.2. The number of ether oxygens (including phenoxy) is 2. The van der Waals surface area contributed by atoms with Gasteiger partial charge in [0.15, 0.2) is 0 Å². The van der Waals surface area contributed by atoms with Gasteiger partial charge in [-0.3, -0.25) is 0 Å². The normalized spacial score (nSPS) is 10.8. The Bertz CT molecular complexity index is 1110. The summed E-state index contributed by atoms with van der Waals surface area (Å²) >= 11 is 0. The van der Waals surface area contributed by atoms with Crippen LogP contribution in [0.25, 0.3) is 22.8 Å². The van der Waals surface area contributed by atoms with Crippen molar-refractivity contribution in [3.63, 3.8) is 0 Å². The van der Waals surface area contributed by atoms with Gasteiger partial charge in [-0.1, -0.05) is 17.3 Å². The maximum Gasteiger partial charge on any atom is 0.250 e. The minimum absolute atomic E-state index is 0.119. The summed E-state index contributed by atoms with van der Waals surface area (Å²) in [4.78, 5) is 5.64. The number of hydrogen-bond acceptors (Lipinski definition) is 8. The lowest BCUT2D eigenvalue weighted by atomic mass is 10.2. The molecule has 2 aromatic carbocycles. The van der Waals surface area contributed by atoms with E-state index < -0.39 is 0 Å². The summed E-state index contributed by atoms with van der Waals surface area (Å²) in [6, 6.07) is 11.3. The van der Waals surface area contributed by atoms with E-state index in [1.165, 1.54) is 16.9 Å². The Kier molecular flexibility index (Phi) is 4.67. The van der Waals surface area contributed by atoms with Gasteiger partial charge in [-0.25, -0.2) is 4.39 Å². The van der Waals surface area contributed by atoms with Crippen molar-refractivity contribution in [2.45, 2.75) is 6.54 Å². The van der Waals surface area contributed by atoms with Crippen LogP contribution in [0.3, 0.4) is 0 Å². The van der Waals surface area contributed by atoms with Crippen molar-refractivity contribution in [2.75, 3.05) is 14.2 Å². The van der Waals surface area contributed by atoms with Gasteiger partial charge in [0.05, 0.1) is 19.8 Å². The maximum atomic E-state index is 13.3. The van der Waals surface area contributed by atoms with Gasteiger partial charge in [-0.05, 0) is 29.5 Å². The van der Waals surface area contributed by atoms with Crippen LogP contribution in [-0.4, -0.2) is 44.6 Å². The minimum Gasteiger partial charge on any atom is -0.497 e. The van der Waals surface area contributed by atoms with Gasteiger partial charge in [0.2, 0.25) is 11.6 Å². The van der Waals surface area contributed by atoms with Crippen LogP contribution in [0.15, 0.2) is 47.0 Å². The van der Waals surface area contributed by atoms with Gasteiger partial charge in [0, 0.05) is 11.6 Å². The molecule has 9 nitrogen and oxygen atoms in total. The molecule has 0 aliphatic rings. The second-order valence-electron chi connectivity index (χ2n) is 5.73. The minimum atomic E-state index is -0.371. The topological polar surface area (TPSA) is 101 Å². The summed E-state index contributed by atoms with van der Waals surface area (Å²) in [5.74, 6) is 1.79. The average molecular weight is 382 g/mol. The Morgan fingerprint density at radius 1 is 1.07 bits per heavy atom. The number of rotatable bonds is 6. The van der Waals surface area contributed by atoms with Crippen LogP contribution in [-0.2, 0) is 6.54 Å². The van der Waals surface area contributed by atoms with Crippen molar-refractivity contribution < 1.29 is 18.4 Å². The van der Waals surface area contributed by atoms with E-state index in [-0.39, 0.29) is 18.3 Å². The van der Waals surface area contributed by atoms with Crippen molar-refractivity contribution in [2.24, 2.45) is 0 Å². The lowest BCUT2D eigenvalue weighted by molar-refractivity contribution is 0.356. The molecule has 0 atom stereocenters. The highest BCUT2D eigenvalue weighted by Crippen LogP contribution is 2.31. The molecule has 0 fully saturated rings. The van der Waals surface area contributed by atoms with Gasteiger partial charge in [0.25, 0.3) is 5.89 Å². The summed E-state index contributed by atoms with van der Waals surface area (Å²) in [5.41, 5.74) is 1.19. The third kappa shape index (κ3) is 3.52. The van der Waals surface area contributed by atoms with E-state index in [0.717, 1.165) is 0 Å². The molecule has 10 heteroatoms. The van der Waals surface area contributed by atoms with E-state index in [1.807, 2.05) is 0 Å². The maximum absolute atomic E-state index is 13.3. The molecule has 4 rings (SSSR count). The van der Waals surface area contributed by atoms with E-state index in [2.05, 4.69) is 25.6 Å². The zero-order valence-electron chi connectivity index (χ0n) is 15.0. The van der Waals surface area contributed by atoms with Gasteiger partial charge in [-0.2, -0.15) is 9.78 Å². The predicted octanol–water partition coefficient (Wildman–Crippen LogP) is 2.59. The Labute approximate surface area is 158 Å². The molecule has 0 amide bonds. The van der Waals surface area contributed by atoms with Crippen LogP contribution in [0.4, 0.5) is 4.39 Å². The third-order valence-corrected chi connectivity index (χ3v) is 3.93. The molecule has 0 spiro atoms. The first kappa shape index (κ1) is 17.6. The molecule has 28 heavy (non-hydrogen) atoms. The lowest BCUT2D eigenvalue weighted by Gasteiger charge is -2.07. The molecule has 0 saturated carbocycles. The molecule has 0 N–H and O–H groups in total. The fraction of sp³-hybridized carbons (Fsp3) is 0.167. The Hall–Kier alpha value is -3.82. The van der Waals surface area contributed by atoms with Gasteiger partial charge in [-0.15, -0.1) is 10.2 Å². The largest absolute Gasteiger partial charge is 0.497 e. The zero-order valence-corrected chi connectivity index (χ0v) is 15.0. The van der Waals surface area contributed by atoms with Crippen molar-refractivity contribution in [3.05, 3.63) is 54.2 Å². The van der Waals surface area contributed by atoms with E-state index in [0.29, 0.717) is 34.3 Å². The second-order valence-corrected chi connectivity index (χ2v) is 5.73. The number of benzene rings is 2.